The Morgan fingerprint density at radius 3 is 2.53 bits per heavy atom. The minimum Gasteiger partial charge on any atom is -0.480 e. The van der Waals surface area contributed by atoms with Crippen molar-refractivity contribution in [3.8, 4) is 11.9 Å². The van der Waals surface area contributed by atoms with Crippen LogP contribution in [0.25, 0.3) is 0 Å². The van der Waals surface area contributed by atoms with Gasteiger partial charge in [-0.05, 0) is 6.07 Å². The minimum atomic E-state index is -4.39. The summed E-state index contributed by atoms with van der Waals surface area (Å²) in [7, 11) is -3.27. The lowest BCUT2D eigenvalue weighted by Gasteiger charge is -2.09. The molecule has 0 aliphatic rings. The molecule has 0 saturated heterocycles. The first-order chi connectivity index (χ1) is 7.81. The highest BCUT2D eigenvalue weighted by atomic mass is 32.2. The van der Waals surface area contributed by atoms with Gasteiger partial charge in [-0.15, -0.1) is 0 Å². The molecular weight excluding hydrogens is 256 g/mol. The molecule has 2 N–H and O–H groups in total. The summed E-state index contributed by atoms with van der Waals surface area (Å²) in [4.78, 5) is 2.39. The van der Waals surface area contributed by atoms with Crippen molar-refractivity contribution in [1.29, 1.82) is 5.26 Å². The second kappa shape index (κ2) is 4.60. The van der Waals surface area contributed by atoms with Crippen LogP contribution in [0.1, 0.15) is 17.7 Å². The van der Waals surface area contributed by atoms with E-state index in [9.17, 15) is 17.2 Å². The molecule has 1 rings (SSSR count). The molecule has 92 valence electrons. The van der Waals surface area contributed by atoms with Crippen molar-refractivity contribution in [3.05, 3.63) is 17.3 Å². The molecule has 9 heteroatoms. The molecule has 0 fully saturated rings. The molecule has 0 bridgehead atoms. The summed E-state index contributed by atoms with van der Waals surface area (Å²) in [6, 6.07) is 2.28. The number of primary sulfonamides is 1. The van der Waals surface area contributed by atoms with Crippen molar-refractivity contribution in [3.63, 3.8) is 0 Å². The monoisotopic (exact) mass is 263 g/mol. The summed E-state index contributed by atoms with van der Waals surface area (Å²) in [5.74, 6) is -0.379. The van der Waals surface area contributed by atoms with Gasteiger partial charge < -0.3 is 4.74 Å². The van der Waals surface area contributed by atoms with E-state index in [1.807, 2.05) is 0 Å². The van der Waals surface area contributed by atoms with Gasteiger partial charge in [-0.3, -0.25) is 0 Å². The van der Waals surface area contributed by atoms with Gasteiger partial charge in [0, 0.05) is 0 Å². The maximum Gasteiger partial charge on any atom is 0.281 e. The van der Waals surface area contributed by atoms with Gasteiger partial charge >= 0.3 is 0 Å². The van der Waals surface area contributed by atoms with Gasteiger partial charge in [0.05, 0.1) is 7.11 Å². The smallest absolute Gasteiger partial charge is 0.281 e. The molecule has 1 aromatic heterocycles. The molecule has 0 spiro atoms. The van der Waals surface area contributed by atoms with Crippen LogP contribution >= 0.6 is 0 Å². The molecule has 0 aromatic carbocycles. The normalized spacial score (nSPS) is 11.3. The van der Waals surface area contributed by atoms with E-state index < -0.39 is 27.0 Å². The molecular formula is C8H7F2N3O3S. The quantitative estimate of drug-likeness (QED) is 0.856. The number of halogens is 2. The summed E-state index contributed by atoms with van der Waals surface area (Å²) >= 11 is 0. The Morgan fingerprint density at radius 2 is 2.18 bits per heavy atom. The zero-order chi connectivity index (χ0) is 13.2. The Kier molecular flexibility index (Phi) is 3.59. The molecule has 0 aliphatic heterocycles. The summed E-state index contributed by atoms with van der Waals surface area (Å²) in [5, 5.41) is 13.4. The van der Waals surface area contributed by atoms with Crippen molar-refractivity contribution in [2.24, 2.45) is 5.14 Å². The van der Waals surface area contributed by atoms with E-state index in [1.54, 1.807) is 6.07 Å². The molecule has 0 aliphatic carbocycles. The van der Waals surface area contributed by atoms with Crippen LogP contribution < -0.4 is 9.88 Å². The summed E-state index contributed by atoms with van der Waals surface area (Å²) in [6.45, 7) is 0. The Balaban J connectivity index is 3.65. The highest BCUT2D eigenvalue weighted by Crippen LogP contribution is 2.28. The lowest BCUT2D eigenvalue weighted by atomic mass is 10.2. The third-order valence-electron chi connectivity index (χ3n) is 1.81. The molecule has 0 unspecified atom stereocenters. The fourth-order valence-electron chi connectivity index (χ4n) is 1.11. The van der Waals surface area contributed by atoms with E-state index in [1.165, 1.54) is 0 Å². The summed E-state index contributed by atoms with van der Waals surface area (Å²) < 4.78 is 51.9. The zero-order valence-electron chi connectivity index (χ0n) is 8.52. The zero-order valence-corrected chi connectivity index (χ0v) is 9.33. The Hall–Kier alpha value is -1.79. The second-order valence-corrected chi connectivity index (χ2v) is 4.42. The van der Waals surface area contributed by atoms with Crippen LogP contribution in [-0.4, -0.2) is 20.5 Å². The maximum atomic E-state index is 12.6. The molecule has 6 nitrogen and oxygen atoms in total. The van der Waals surface area contributed by atoms with E-state index in [0.717, 1.165) is 7.11 Å². The van der Waals surface area contributed by atoms with Gasteiger partial charge in [-0.1, -0.05) is 0 Å². The average molecular weight is 263 g/mol. The molecule has 1 aromatic rings. The third kappa shape index (κ3) is 2.66. The van der Waals surface area contributed by atoms with Gasteiger partial charge in [0.25, 0.3) is 6.43 Å². The first-order valence-corrected chi connectivity index (χ1v) is 5.66. The van der Waals surface area contributed by atoms with E-state index in [0.29, 0.717) is 6.07 Å². The molecule has 0 saturated carbocycles. The highest BCUT2D eigenvalue weighted by Gasteiger charge is 2.25. The van der Waals surface area contributed by atoms with E-state index in [2.05, 4.69) is 9.72 Å². The van der Waals surface area contributed by atoms with Crippen molar-refractivity contribution >= 4 is 10.0 Å². The number of nitriles is 1. The number of nitrogens with two attached hydrogens (primary N) is 1. The fraction of sp³-hybridized carbons (Fsp3) is 0.250. The minimum absolute atomic E-state index is 0.291. The predicted octanol–water partition coefficient (Wildman–Crippen LogP) is 0.547. The standard InChI is InChI=1S/C8H7F2N3O3S/c1-16-8-4(3-11)2-5(17(12,14)15)6(13-8)7(9)10/h2,7H,1H3,(H2,12,14,15). The fourth-order valence-corrected chi connectivity index (χ4v) is 1.82. The second-order valence-electron chi connectivity index (χ2n) is 2.89. The Bertz CT molecular complexity index is 580. The topological polar surface area (TPSA) is 106 Å². The number of methoxy groups -OCH3 is 1. The number of pyridine rings is 1. The number of hydrogen-bond acceptors (Lipinski definition) is 5. The van der Waals surface area contributed by atoms with Crippen LogP contribution in [0, 0.1) is 11.3 Å². The lowest BCUT2D eigenvalue weighted by Crippen LogP contribution is -2.16. The number of alkyl halides is 2. The van der Waals surface area contributed by atoms with Crippen molar-refractivity contribution in [2.45, 2.75) is 11.3 Å². The summed E-state index contributed by atoms with van der Waals surface area (Å²) in [5.41, 5.74) is -1.33. The predicted molar refractivity (Wildman–Crippen MR) is 51.8 cm³/mol. The average Bonchev–Trinajstić information content (AvgIpc) is 2.25. The van der Waals surface area contributed by atoms with Crippen LogP contribution in [-0.2, 0) is 10.0 Å². The number of rotatable bonds is 3. The maximum absolute atomic E-state index is 12.6. The first-order valence-electron chi connectivity index (χ1n) is 4.11. The molecule has 0 amide bonds. The van der Waals surface area contributed by atoms with Crippen molar-refractivity contribution in [1.82, 2.24) is 4.98 Å². The van der Waals surface area contributed by atoms with Crippen LogP contribution in [0.4, 0.5) is 8.78 Å². The van der Waals surface area contributed by atoms with Gasteiger partial charge in [0.2, 0.25) is 15.9 Å². The number of nitrogens with zero attached hydrogens (tertiary/aromatic N) is 2. The van der Waals surface area contributed by atoms with Crippen molar-refractivity contribution in [2.75, 3.05) is 7.11 Å². The number of aromatic nitrogens is 1. The van der Waals surface area contributed by atoms with Crippen LogP contribution in [0.15, 0.2) is 11.0 Å². The van der Waals surface area contributed by atoms with Gasteiger partial charge in [0.15, 0.2) is 0 Å². The molecule has 0 radical (unpaired) electrons. The third-order valence-corrected chi connectivity index (χ3v) is 2.75. The van der Waals surface area contributed by atoms with Crippen LogP contribution in [0.3, 0.4) is 0 Å². The van der Waals surface area contributed by atoms with E-state index in [4.69, 9.17) is 10.4 Å². The van der Waals surface area contributed by atoms with Gasteiger partial charge in [0.1, 0.15) is 22.2 Å². The van der Waals surface area contributed by atoms with Gasteiger partial charge in [-0.2, -0.15) is 5.26 Å². The van der Waals surface area contributed by atoms with Crippen LogP contribution in [0.2, 0.25) is 0 Å². The number of ether oxygens (including phenoxy) is 1. The lowest BCUT2D eigenvalue weighted by molar-refractivity contribution is 0.141. The van der Waals surface area contributed by atoms with Crippen molar-refractivity contribution < 1.29 is 21.9 Å². The summed E-state index contributed by atoms with van der Waals surface area (Å²) in [6.07, 6.45) is -3.15. The SMILES string of the molecule is COc1nc(C(F)F)c(S(N)(=O)=O)cc1C#N. The number of sulfonamides is 1. The first kappa shape index (κ1) is 13.3. The van der Waals surface area contributed by atoms with E-state index >= 15 is 0 Å². The number of hydrogen-bond donors (Lipinski definition) is 1. The molecule has 1 heterocycles. The Morgan fingerprint density at radius 1 is 1.59 bits per heavy atom. The largest absolute Gasteiger partial charge is 0.480 e. The molecule has 0 atom stereocenters. The Labute approximate surface area is 95.7 Å². The highest BCUT2D eigenvalue weighted by molar-refractivity contribution is 7.89. The van der Waals surface area contributed by atoms with Gasteiger partial charge in [-0.25, -0.2) is 27.3 Å². The van der Waals surface area contributed by atoms with E-state index in [-0.39, 0.29) is 11.4 Å². The van der Waals surface area contributed by atoms with Crippen LogP contribution in [0.5, 0.6) is 5.88 Å². The molecule has 17 heavy (non-hydrogen) atoms.